The van der Waals surface area contributed by atoms with Crippen molar-refractivity contribution in [2.75, 3.05) is 18.5 Å². The van der Waals surface area contributed by atoms with Gasteiger partial charge in [-0.05, 0) is 69.1 Å². The van der Waals surface area contributed by atoms with Gasteiger partial charge < -0.3 is 20.5 Å². The van der Waals surface area contributed by atoms with Crippen LogP contribution in [0.4, 0.5) is 15.1 Å². The Labute approximate surface area is 243 Å². The van der Waals surface area contributed by atoms with Crippen LogP contribution in [0.25, 0.3) is 22.5 Å². The van der Waals surface area contributed by atoms with Crippen molar-refractivity contribution in [2.24, 2.45) is 11.7 Å². The molecule has 1 saturated heterocycles. The standard InChI is InChI=1S/C31H35FN6O4/c1-30(41)17-31(33,18-30)21-10-8-20(9-11-21)26-27(23-4-2-3-5-24(23)32)35-28(37-36-26)34-25(39)16-19-6-12-22(13-7-19)38-14-15-42-29(38)40/h2-5,8-11,19,22,41H,6-7,12-18,33H2,1H3,(H,34,35,37,39)/t19-,22-,30-,31-. The van der Waals surface area contributed by atoms with Gasteiger partial charge >= 0.3 is 6.09 Å². The number of halogens is 1. The van der Waals surface area contributed by atoms with Crippen LogP contribution in [0.15, 0.2) is 48.5 Å². The number of nitrogens with two attached hydrogens (primary N) is 1. The molecule has 3 fully saturated rings. The van der Waals surface area contributed by atoms with Crippen LogP contribution in [0.5, 0.6) is 0 Å². The van der Waals surface area contributed by atoms with E-state index in [1.54, 1.807) is 30.0 Å². The van der Waals surface area contributed by atoms with E-state index in [0.717, 1.165) is 31.2 Å². The summed E-state index contributed by atoms with van der Waals surface area (Å²) in [4.78, 5) is 31.2. The highest BCUT2D eigenvalue weighted by Crippen LogP contribution is 2.46. The summed E-state index contributed by atoms with van der Waals surface area (Å²) in [7, 11) is 0. The second-order valence-electron chi connectivity index (χ2n) is 12.1. The van der Waals surface area contributed by atoms with Gasteiger partial charge in [0.25, 0.3) is 0 Å². The van der Waals surface area contributed by atoms with Gasteiger partial charge in [0, 0.05) is 29.1 Å². The molecule has 0 atom stereocenters. The van der Waals surface area contributed by atoms with E-state index in [0.29, 0.717) is 43.7 Å². The molecule has 1 aromatic heterocycles. The summed E-state index contributed by atoms with van der Waals surface area (Å²) in [5.41, 5.74) is 7.55. The third-order valence-electron chi connectivity index (χ3n) is 8.72. The lowest BCUT2D eigenvalue weighted by Gasteiger charge is -2.49. The van der Waals surface area contributed by atoms with Gasteiger partial charge in [0.2, 0.25) is 11.9 Å². The first kappa shape index (κ1) is 28.2. The van der Waals surface area contributed by atoms with Gasteiger partial charge in [-0.15, -0.1) is 10.2 Å². The number of rotatable bonds is 7. The Kier molecular flexibility index (Phi) is 7.40. The summed E-state index contributed by atoms with van der Waals surface area (Å²) in [5.74, 6) is -0.516. The smallest absolute Gasteiger partial charge is 0.410 e. The van der Waals surface area contributed by atoms with Gasteiger partial charge in [-0.2, -0.15) is 0 Å². The van der Waals surface area contributed by atoms with Crippen molar-refractivity contribution in [3.63, 3.8) is 0 Å². The van der Waals surface area contributed by atoms with Gasteiger partial charge in [-0.25, -0.2) is 14.2 Å². The summed E-state index contributed by atoms with van der Waals surface area (Å²) in [6.45, 7) is 2.83. The Morgan fingerprint density at radius 1 is 1.10 bits per heavy atom. The van der Waals surface area contributed by atoms with Crippen LogP contribution in [0, 0.1) is 11.7 Å². The number of ether oxygens (including phenoxy) is 1. The van der Waals surface area contributed by atoms with Crippen molar-refractivity contribution < 1.29 is 23.8 Å². The first-order chi connectivity index (χ1) is 20.1. The van der Waals surface area contributed by atoms with Crippen molar-refractivity contribution in [1.29, 1.82) is 0 Å². The largest absolute Gasteiger partial charge is 0.448 e. The molecule has 4 N–H and O–H groups in total. The van der Waals surface area contributed by atoms with Crippen LogP contribution < -0.4 is 11.1 Å². The molecule has 2 heterocycles. The first-order valence-electron chi connectivity index (χ1n) is 14.5. The number of cyclic esters (lactones) is 1. The van der Waals surface area contributed by atoms with E-state index < -0.39 is 17.0 Å². The molecule has 1 aliphatic heterocycles. The van der Waals surface area contributed by atoms with Crippen LogP contribution >= 0.6 is 0 Å². The Morgan fingerprint density at radius 3 is 2.45 bits per heavy atom. The highest BCUT2D eigenvalue weighted by Gasteiger charge is 2.49. The van der Waals surface area contributed by atoms with Crippen LogP contribution in [-0.2, 0) is 15.1 Å². The number of anilines is 1. The fraction of sp³-hybridized carbons (Fsp3) is 0.452. The molecule has 2 amide bonds. The Morgan fingerprint density at radius 2 is 1.81 bits per heavy atom. The van der Waals surface area contributed by atoms with Crippen molar-refractivity contribution in [3.8, 4) is 22.5 Å². The Balaban J connectivity index is 1.17. The molecule has 0 radical (unpaired) electrons. The number of hydrogen-bond donors (Lipinski definition) is 3. The molecule has 0 unspecified atom stereocenters. The van der Waals surface area contributed by atoms with Crippen molar-refractivity contribution >= 4 is 17.9 Å². The molecule has 2 aromatic carbocycles. The number of aliphatic hydroxyl groups is 1. The molecule has 220 valence electrons. The highest BCUT2D eigenvalue weighted by molar-refractivity contribution is 5.89. The third-order valence-corrected chi connectivity index (χ3v) is 8.72. The zero-order valence-corrected chi connectivity index (χ0v) is 23.6. The summed E-state index contributed by atoms with van der Waals surface area (Å²) in [6.07, 6.45) is 4.31. The lowest BCUT2D eigenvalue weighted by atomic mass is 9.63. The van der Waals surface area contributed by atoms with E-state index in [1.807, 2.05) is 24.3 Å². The average Bonchev–Trinajstić information content (AvgIpc) is 3.38. The number of aromatic nitrogens is 3. The van der Waals surface area contributed by atoms with Crippen molar-refractivity contribution in [1.82, 2.24) is 20.1 Å². The molecule has 0 spiro atoms. The zero-order valence-electron chi connectivity index (χ0n) is 23.6. The summed E-state index contributed by atoms with van der Waals surface area (Å²) in [5, 5.41) is 21.5. The van der Waals surface area contributed by atoms with Crippen molar-refractivity contribution in [3.05, 3.63) is 59.9 Å². The summed E-state index contributed by atoms with van der Waals surface area (Å²) in [6, 6.07) is 13.9. The Hall–Kier alpha value is -3.96. The lowest BCUT2D eigenvalue weighted by molar-refractivity contribution is -0.117. The second kappa shape index (κ2) is 11.0. The molecule has 2 saturated carbocycles. The second-order valence-corrected chi connectivity index (χ2v) is 12.1. The number of hydrogen-bond acceptors (Lipinski definition) is 8. The molecule has 2 aliphatic carbocycles. The van der Waals surface area contributed by atoms with E-state index in [1.165, 1.54) is 6.07 Å². The summed E-state index contributed by atoms with van der Waals surface area (Å²) < 4.78 is 20.0. The SMILES string of the molecule is C[C@]1(O)C[C@@](N)(c2ccc(-c3nnc(NC(=O)C[C@H]4CC[C@H](N5CCOC5=O)CC4)nc3-c3ccccc3F)cc2)C1. The minimum Gasteiger partial charge on any atom is -0.448 e. The molecule has 3 aliphatic rings. The number of carbonyl (C=O) groups is 2. The van der Waals surface area contributed by atoms with Gasteiger partial charge in [0.05, 0.1) is 12.1 Å². The molecule has 42 heavy (non-hydrogen) atoms. The van der Waals surface area contributed by atoms with E-state index >= 15 is 0 Å². The summed E-state index contributed by atoms with van der Waals surface area (Å²) >= 11 is 0. The van der Waals surface area contributed by atoms with Gasteiger partial charge in [-0.1, -0.05) is 36.4 Å². The fourth-order valence-corrected chi connectivity index (χ4v) is 6.72. The molecule has 3 aromatic rings. The maximum Gasteiger partial charge on any atom is 0.410 e. The molecule has 11 heteroatoms. The zero-order chi connectivity index (χ0) is 29.5. The van der Waals surface area contributed by atoms with E-state index in [-0.39, 0.29) is 41.2 Å². The molecular formula is C31H35FN6O4. The normalized spacial score (nSPS) is 27.3. The van der Waals surface area contributed by atoms with Crippen LogP contribution in [-0.4, -0.2) is 62.0 Å². The predicted molar refractivity (Wildman–Crippen MR) is 153 cm³/mol. The Bertz CT molecular complexity index is 1480. The number of amides is 2. The minimum absolute atomic E-state index is 0.00438. The number of carbonyl (C=O) groups excluding carboxylic acids is 2. The van der Waals surface area contributed by atoms with Gasteiger partial charge in [0.1, 0.15) is 23.8 Å². The molecular weight excluding hydrogens is 539 g/mol. The van der Waals surface area contributed by atoms with Crippen LogP contribution in [0.2, 0.25) is 0 Å². The molecule has 0 bridgehead atoms. The number of nitrogens with zero attached hydrogens (tertiary/aromatic N) is 4. The quantitative estimate of drug-likeness (QED) is 0.377. The van der Waals surface area contributed by atoms with Crippen LogP contribution in [0.1, 0.15) is 57.4 Å². The predicted octanol–water partition coefficient (Wildman–Crippen LogP) is 4.38. The fourth-order valence-electron chi connectivity index (χ4n) is 6.72. The molecule has 6 rings (SSSR count). The number of nitrogens with one attached hydrogen (secondary N) is 1. The van der Waals surface area contributed by atoms with E-state index in [9.17, 15) is 19.1 Å². The number of benzene rings is 2. The van der Waals surface area contributed by atoms with E-state index in [4.69, 9.17) is 10.5 Å². The average molecular weight is 575 g/mol. The van der Waals surface area contributed by atoms with Gasteiger partial charge in [-0.3, -0.25) is 10.1 Å². The van der Waals surface area contributed by atoms with Crippen molar-refractivity contribution in [2.45, 2.75) is 69.1 Å². The topological polar surface area (TPSA) is 144 Å². The minimum atomic E-state index is -0.774. The monoisotopic (exact) mass is 574 g/mol. The third kappa shape index (κ3) is 5.71. The maximum atomic E-state index is 14.9. The lowest BCUT2D eigenvalue weighted by Crippen LogP contribution is -2.58. The van der Waals surface area contributed by atoms with E-state index in [2.05, 4.69) is 20.5 Å². The first-order valence-corrected chi connectivity index (χ1v) is 14.5. The van der Waals surface area contributed by atoms with Gasteiger partial charge in [0.15, 0.2) is 0 Å². The maximum absolute atomic E-state index is 14.9. The molecule has 10 nitrogen and oxygen atoms in total. The van der Waals surface area contributed by atoms with Crippen LogP contribution in [0.3, 0.4) is 0 Å². The highest BCUT2D eigenvalue weighted by atomic mass is 19.1.